The Hall–Kier alpha value is -2.79. The summed E-state index contributed by atoms with van der Waals surface area (Å²) in [5.41, 5.74) is 1.89. The van der Waals surface area contributed by atoms with Crippen molar-refractivity contribution in [1.29, 1.82) is 5.26 Å². The minimum absolute atomic E-state index is 0.328. The van der Waals surface area contributed by atoms with Gasteiger partial charge in [0.15, 0.2) is 0 Å². The predicted octanol–water partition coefficient (Wildman–Crippen LogP) is 4.50. The first kappa shape index (κ1) is 13.2. The Morgan fingerprint density at radius 1 is 0.905 bits per heavy atom. The molecule has 1 unspecified atom stereocenters. The molecule has 0 bridgehead atoms. The lowest BCUT2D eigenvalue weighted by atomic mass is 9.90. The van der Waals surface area contributed by atoms with Crippen LogP contribution in [0.15, 0.2) is 66.7 Å². The molecule has 2 heteroatoms. The molecule has 0 aromatic heterocycles. The van der Waals surface area contributed by atoms with Gasteiger partial charge in [0.2, 0.25) is 0 Å². The first-order chi connectivity index (χ1) is 10.3. The SMILES string of the molecule is COc1ccccc1C(C#N)c1ccc2ccccc2c1. The molecule has 2 nitrogen and oxygen atoms in total. The van der Waals surface area contributed by atoms with Crippen molar-refractivity contribution in [3.63, 3.8) is 0 Å². The molecule has 0 aliphatic carbocycles. The van der Waals surface area contributed by atoms with Crippen LogP contribution >= 0.6 is 0 Å². The molecule has 0 fully saturated rings. The molecule has 0 aliphatic rings. The van der Waals surface area contributed by atoms with E-state index >= 15 is 0 Å². The maximum absolute atomic E-state index is 9.62. The number of hydrogen-bond acceptors (Lipinski definition) is 2. The van der Waals surface area contributed by atoms with Crippen molar-refractivity contribution in [2.75, 3.05) is 7.11 Å². The second-order valence-electron chi connectivity index (χ2n) is 4.91. The monoisotopic (exact) mass is 273 g/mol. The van der Waals surface area contributed by atoms with Gasteiger partial charge in [-0.3, -0.25) is 0 Å². The number of nitriles is 1. The molecule has 3 aromatic rings. The van der Waals surface area contributed by atoms with Gasteiger partial charge in [0, 0.05) is 5.56 Å². The van der Waals surface area contributed by atoms with Crippen LogP contribution in [-0.4, -0.2) is 7.11 Å². The fourth-order valence-electron chi connectivity index (χ4n) is 2.62. The normalized spacial score (nSPS) is 11.8. The number of nitrogens with zero attached hydrogens (tertiary/aromatic N) is 1. The summed E-state index contributed by atoms with van der Waals surface area (Å²) in [5, 5.41) is 11.9. The summed E-state index contributed by atoms with van der Waals surface area (Å²) in [7, 11) is 1.63. The van der Waals surface area contributed by atoms with Crippen LogP contribution in [-0.2, 0) is 0 Å². The molecule has 0 saturated carbocycles. The van der Waals surface area contributed by atoms with Crippen LogP contribution < -0.4 is 4.74 Å². The van der Waals surface area contributed by atoms with E-state index in [2.05, 4.69) is 30.3 Å². The number of para-hydroxylation sites is 1. The van der Waals surface area contributed by atoms with E-state index in [9.17, 15) is 5.26 Å². The molecule has 102 valence electrons. The third-order valence-electron chi connectivity index (χ3n) is 3.69. The van der Waals surface area contributed by atoms with Crippen molar-refractivity contribution in [1.82, 2.24) is 0 Å². The molecule has 0 heterocycles. The van der Waals surface area contributed by atoms with E-state index in [1.165, 1.54) is 5.39 Å². The molecule has 1 atom stereocenters. The topological polar surface area (TPSA) is 33.0 Å². The number of fused-ring (bicyclic) bond motifs is 1. The quantitative estimate of drug-likeness (QED) is 0.703. The maximum Gasteiger partial charge on any atom is 0.123 e. The average molecular weight is 273 g/mol. The minimum atomic E-state index is -0.328. The molecule has 3 aromatic carbocycles. The molecule has 0 amide bonds. The summed E-state index contributed by atoms with van der Waals surface area (Å²) in [4.78, 5) is 0. The van der Waals surface area contributed by atoms with Crippen molar-refractivity contribution >= 4 is 10.8 Å². The second-order valence-corrected chi connectivity index (χ2v) is 4.91. The first-order valence-electron chi connectivity index (χ1n) is 6.84. The summed E-state index contributed by atoms with van der Waals surface area (Å²) in [6, 6.07) is 24.4. The lowest BCUT2D eigenvalue weighted by molar-refractivity contribution is 0.409. The van der Waals surface area contributed by atoms with Crippen LogP contribution in [0.25, 0.3) is 10.8 Å². The fourth-order valence-corrected chi connectivity index (χ4v) is 2.62. The predicted molar refractivity (Wildman–Crippen MR) is 84.4 cm³/mol. The highest BCUT2D eigenvalue weighted by Crippen LogP contribution is 2.32. The van der Waals surface area contributed by atoms with Crippen LogP contribution in [0.3, 0.4) is 0 Å². The smallest absolute Gasteiger partial charge is 0.123 e. The number of benzene rings is 3. The van der Waals surface area contributed by atoms with Crippen LogP contribution in [0.1, 0.15) is 17.0 Å². The lowest BCUT2D eigenvalue weighted by Crippen LogP contribution is -2.01. The molecule has 0 saturated heterocycles. The molecular weight excluding hydrogens is 258 g/mol. The molecule has 0 N–H and O–H groups in total. The zero-order valence-corrected chi connectivity index (χ0v) is 11.8. The lowest BCUT2D eigenvalue weighted by Gasteiger charge is -2.14. The maximum atomic E-state index is 9.62. The van der Waals surface area contributed by atoms with Gasteiger partial charge in [-0.1, -0.05) is 54.6 Å². The van der Waals surface area contributed by atoms with Gasteiger partial charge in [-0.15, -0.1) is 0 Å². The Balaban J connectivity index is 2.12. The highest BCUT2D eigenvalue weighted by atomic mass is 16.5. The van der Waals surface area contributed by atoms with Gasteiger partial charge in [0.25, 0.3) is 0 Å². The average Bonchev–Trinajstić information content (AvgIpc) is 2.56. The summed E-state index contributed by atoms with van der Waals surface area (Å²) in [6.45, 7) is 0. The van der Waals surface area contributed by atoms with Gasteiger partial charge in [-0.05, 0) is 28.5 Å². The minimum Gasteiger partial charge on any atom is -0.496 e. The van der Waals surface area contributed by atoms with Crippen LogP contribution in [0.4, 0.5) is 0 Å². The third kappa shape index (κ3) is 2.46. The number of hydrogen-bond donors (Lipinski definition) is 0. The molecule has 0 spiro atoms. The van der Waals surface area contributed by atoms with E-state index in [0.29, 0.717) is 0 Å². The Morgan fingerprint density at radius 3 is 2.38 bits per heavy atom. The van der Waals surface area contributed by atoms with Crippen LogP contribution in [0.5, 0.6) is 5.75 Å². The summed E-state index contributed by atoms with van der Waals surface area (Å²) in [6.07, 6.45) is 0. The van der Waals surface area contributed by atoms with Crippen molar-refractivity contribution in [2.24, 2.45) is 0 Å². The Bertz CT molecular complexity index is 817. The van der Waals surface area contributed by atoms with E-state index in [1.54, 1.807) is 7.11 Å². The Kier molecular flexibility index (Phi) is 3.57. The number of ether oxygens (including phenoxy) is 1. The van der Waals surface area contributed by atoms with Gasteiger partial charge >= 0.3 is 0 Å². The van der Waals surface area contributed by atoms with Crippen molar-refractivity contribution in [2.45, 2.75) is 5.92 Å². The summed E-state index contributed by atoms with van der Waals surface area (Å²) in [5.74, 6) is 0.419. The second kappa shape index (κ2) is 5.68. The molecule has 21 heavy (non-hydrogen) atoms. The zero-order valence-electron chi connectivity index (χ0n) is 11.8. The van der Waals surface area contributed by atoms with Gasteiger partial charge in [-0.25, -0.2) is 0 Å². The van der Waals surface area contributed by atoms with Gasteiger partial charge in [0.05, 0.1) is 19.1 Å². The Morgan fingerprint density at radius 2 is 1.62 bits per heavy atom. The van der Waals surface area contributed by atoms with Crippen molar-refractivity contribution in [3.8, 4) is 11.8 Å². The van der Waals surface area contributed by atoms with E-state index in [-0.39, 0.29) is 5.92 Å². The molecule has 0 aliphatic heterocycles. The molecule has 0 radical (unpaired) electrons. The largest absolute Gasteiger partial charge is 0.496 e. The third-order valence-corrected chi connectivity index (χ3v) is 3.69. The molecule has 3 rings (SSSR count). The first-order valence-corrected chi connectivity index (χ1v) is 6.84. The summed E-state index contributed by atoms with van der Waals surface area (Å²) >= 11 is 0. The standard InChI is InChI=1S/C19H15NO/c1-21-19-9-5-4-8-17(19)18(13-20)16-11-10-14-6-2-3-7-15(14)12-16/h2-12,18H,1H3. The van der Waals surface area contributed by atoms with Crippen LogP contribution in [0, 0.1) is 11.3 Å². The van der Waals surface area contributed by atoms with E-state index < -0.39 is 0 Å². The number of methoxy groups -OCH3 is 1. The van der Waals surface area contributed by atoms with E-state index in [4.69, 9.17) is 4.74 Å². The van der Waals surface area contributed by atoms with Gasteiger partial charge in [0.1, 0.15) is 5.75 Å². The van der Waals surface area contributed by atoms with Crippen LogP contribution in [0.2, 0.25) is 0 Å². The van der Waals surface area contributed by atoms with Crippen molar-refractivity contribution < 1.29 is 4.74 Å². The number of rotatable bonds is 3. The summed E-state index contributed by atoms with van der Waals surface area (Å²) < 4.78 is 5.39. The van der Waals surface area contributed by atoms with Crippen molar-refractivity contribution in [3.05, 3.63) is 77.9 Å². The van der Waals surface area contributed by atoms with Gasteiger partial charge < -0.3 is 4.74 Å². The van der Waals surface area contributed by atoms with Gasteiger partial charge in [-0.2, -0.15) is 5.26 Å². The van der Waals surface area contributed by atoms with E-state index in [1.807, 2.05) is 42.5 Å². The zero-order chi connectivity index (χ0) is 14.7. The highest BCUT2D eigenvalue weighted by molar-refractivity contribution is 5.83. The van der Waals surface area contributed by atoms with E-state index in [0.717, 1.165) is 22.3 Å². The molecular formula is C19H15NO. The Labute approximate surface area is 124 Å². The fraction of sp³-hybridized carbons (Fsp3) is 0.105. The highest BCUT2D eigenvalue weighted by Gasteiger charge is 2.17.